The third kappa shape index (κ3) is 3.69. The lowest BCUT2D eigenvalue weighted by Crippen LogP contribution is -2.24. The van der Waals surface area contributed by atoms with Crippen LogP contribution in [0.1, 0.15) is 12.1 Å². The van der Waals surface area contributed by atoms with Crippen molar-refractivity contribution >= 4 is 22.5 Å². The monoisotopic (exact) mass is 412 g/mol. The summed E-state index contributed by atoms with van der Waals surface area (Å²) >= 11 is 6.18. The Morgan fingerprint density at radius 2 is 1.93 bits per heavy atom. The van der Waals surface area contributed by atoms with Crippen LogP contribution in [-0.2, 0) is 6.42 Å². The van der Waals surface area contributed by atoms with Crippen molar-refractivity contribution in [2.45, 2.75) is 25.4 Å². The van der Waals surface area contributed by atoms with E-state index >= 15 is 0 Å². The second kappa shape index (κ2) is 6.77. The molecule has 1 fully saturated rings. The van der Waals surface area contributed by atoms with E-state index in [2.05, 4.69) is 9.72 Å². The van der Waals surface area contributed by atoms with Gasteiger partial charge < -0.3 is 4.74 Å². The van der Waals surface area contributed by atoms with Crippen LogP contribution in [0.2, 0.25) is 5.02 Å². The van der Waals surface area contributed by atoms with E-state index in [1.54, 1.807) is 24.3 Å². The van der Waals surface area contributed by atoms with Crippen molar-refractivity contribution in [3.63, 3.8) is 0 Å². The molecule has 1 aliphatic carbocycles. The van der Waals surface area contributed by atoms with Gasteiger partial charge in [-0.2, -0.15) is 4.98 Å². The van der Waals surface area contributed by atoms with Gasteiger partial charge in [-0.15, -0.1) is 13.2 Å². The first-order valence-electron chi connectivity index (χ1n) is 8.43. The topological polar surface area (TPSA) is 44.1 Å². The number of hydrogen-bond donors (Lipinski definition) is 0. The van der Waals surface area contributed by atoms with Crippen LogP contribution < -0.4 is 10.4 Å². The maximum atomic E-state index is 13.3. The van der Waals surface area contributed by atoms with Gasteiger partial charge in [0, 0.05) is 11.5 Å². The lowest BCUT2D eigenvalue weighted by atomic mass is 10.1. The van der Waals surface area contributed by atoms with Gasteiger partial charge in [0.1, 0.15) is 11.9 Å². The van der Waals surface area contributed by atoms with Gasteiger partial charge in [0.15, 0.2) is 0 Å². The zero-order valence-electron chi connectivity index (χ0n) is 14.2. The van der Waals surface area contributed by atoms with Crippen LogP contribution >= 0.6 is 11.6 Å². The molecule has 0 amide bonds. The summed E-state index contributed by atoms with van der Waals surface area (Å²) < 4.78 is 56.4. The number of nitrogens with zero attached hydrogens (tertiary/aromatic N) is 2. The highest BCUT2D eigenvalue weighted by Crippen LogP contribution is 2.38. The molecule has 0 bridgehead atoms. The second-order valence-corrected chi connectivity index (χ2v) is 6.98. The molecule has 2 atom stereocenters. The fourth-order valence-corrected chi connectivity index (χ4v) is 3.38. The third-order valence-corrected chi connectivity index (χ3v) is 4.88. The summed E-state index contributed by atoms with van der Waals surface area (Å²) in [6, 6.07) is 10.0. The zero-order valence-corrected chi connectivity index (χ0v) is 15.0. The van der Waals surface area contributed by atoms with E-state index in [4.69, 9.17) is 11.6 Å². The Labute approximate surface area is 161 Å². The number of ether oxygens (including phenoxy) is 1. The normalized spacial score (nSPS) is 19.0. The Kier molecular flexibility index (Phi) is 4.53. The molecule has 2 aromatic carbocycles. The third-order valence-electron chi connectivity index (χ3n) is 4.56. The molecule has 28 heavy (non-hydrogen) atoms. The predicted octanol–water partition coefficient (Wildman–Crippen LogP) is 4.84. The van der Waals surface area contributed by atoms with Gasteiger partial charge in [-0.1, -0.05) is 23.7 Å². The fourth-order valence-electron chi connectivity index (χ4n) is 3.16. The molecule has 0 saturated heterocycles. The van der Waals surface area contributed by atoms with Crippen LogP contribution in [0, 0.1) is 5.92 Å². The van der Waals surface area contributed by atoms with Crippen LogP contribution in [0.4, 0.5) is 17.6 Å². The van der Waals surface area contributed by atoms with Gasteiger partial charge in [0.2, 0.25) is 0 Å². The molecule has 0 radical (unpaired) electrons. The summed E-state index contributed by atoms with van der Waals surface area (Å²) in [5.74, 6) is -0.718. The first-order valence-corrected chi connectivity index (χ1v) is 8.81. The second-order valence-electron chi connectivity index (χ2n) is 6.57. The summed E-state index contributed by atoms with van der Waals surface area (Å²) in [6.07, 6.45) is -5.22. The highest BCUT2D eigenvalue weighted by molar-refractivity contribution is 6.32. The molecule has 1 aromatic heterocycles. The van der Waals surface area contributed by atoms with Gasteiger partial charge in [-0.25, -0.2) is 9.18 Å². The molecule has 4 nitrogen and oxygen atoms in total. The van der Waals surface area contributed by atoms with Gasteiger partial charge in [-0.3, -0.25) is 4.57 Å². The number of para-hydroxylation sites is 1. The number of alkyl halides is 4. The molecule has 4 rings (SSSR count). The highest BCUT2D eigenvalue weighted by atomic mass is 35.5. The van der Waals surface area contributed by atoms with Crippen molar-refractivity contribution in [3.8, 4) is 11.4 Å². The molecule has 9 heteroatoms. The summed E-state index contributed by atoms with van der Waals surface area (Å²) in [4.78, 5) is 16.8. The number of benzene rings is 2. The molecule has 146 valence electrons. The zero-order chi connectivity index (χ0) is 20.1. The van der Waals surface area contributed by atoms with E-state index in [1.165, 1.54) is 6.07 Å². The average molecular weight is 413 g/mol. The summed E-state index contributed by atoms with van der Waals surface area (Å²) in [5, 5.41) is 0.668. The van der Waals surface area contributed by atoms with Crippen LogP contribution in [0.15, 0.2) is 47.3 Å². The van der Waals surface area contributed by atoms with Gasteiger partial charge >= 0.3 is 12.1 Å². The average Bonchev–Trinajstić information content (AvgIpc) is 3.29. The van der Waals surface area contributed by atoms with Gasteiger partial charge in [0.25, 0.3) is 0 Å². The largest absolute Gasteiger partial charge is 0.573 e. The molecule has 1 heterocycles. The number of hydrogen-bond acceptors (Lipinski definition) is 3. The highest BCUT2D eigenvalue weighted by Gasteiger charge is 2.38. The van der Waals surface area contributed by atoms with E-state index in [9.17, 15) is 22.4 Å². The van der Waals surface area contributed by atoms with Crippen LogP contribution in [-0.4, -0.2) is 22.1 Å². The van der Waals surface area contributed by atoms with Crippen molar-refractivity contribution in [2.75, 3.05) is 0 Å². The predicted molar refractivity (Wildman–Crippen MR) is 95.7 cm³/mol. The molecule has 1 saturated carbocycles. The Bertz CT molecular complexity index is 1110. The summed E-state index contributed by atoms with van der Waals surface area (Å²) in [6.45, 7) is 0. The minimum Gasteiger partial charge on any atom is -0.406 e. The summed E-state index contributed by atoms with van der Waals surface area (Å²) in [5.41, 5.74) is 0.0564. The molecular formula is C19H13ClF4N2O2. The molecule has 0 unspecified atom stereocenters. The maximum absolute atomic E-state index is 13.3. The Hall–Kier alpha value is -2.61. The van der Waals surface area contributed by atoms with Crippen molar-refractivity contribution in [1.82, 2.24) is 9.55 Å². The molecule has 1 aliphatic rings. The van der Waals surface area contributed by atoms with Crippen molar-refractivity contribution < 1.29 is 22.3 Å². The Morgan fingerprint density at radius 1 is 1.21 bits per heavy atom. The molecule has 0 spiro atoms. The number of aromatic nitrogens is 2. The number of rotatable bonds is 4. The van der Waals surface area contributed by atoms with E-state index < -0.39 is 24.0 Å². The van der Waals surface area contributed by atoms with E-state index in [1.807, 2.05) is 0 Å². The Morgan fingerprint density at radius 3 is 2.57 bits per heavy atom. The van der Waals surface area contributed by atoms with E-state index in [0.717, 1.165) is 16.7 Å². The van der Waals surface area contributed by atoms with Gasteiger partial charge in [-0.05, 0) is 43.0 Å². The van der Waals surface area contributed by atoms with Crippen LogP contribution in [0.25, 0.3) is 16.6 Å². The first-order chi connectivity index (χ1) is 13.2. The van der Waals surface area contributed by atoms with E-state index in [-0.39, 0.29) is 28.6 Å². The van der Waals surface area contributed by atoms with Gasteiger partial charge in [0.05, 0.1) is 21.9 Å². The fraction of sp³-hybridized carbons (Fsp3) is 0.263. The lowest BCUT2D eigenvalue weighted by Gasteiger charge is -2.15. The number of fused-ring (bicyclic) bond motifs is 1. The quantitative estimate of drug-likeness (QED) is 0.576. The van der Waals surface area contributed by atoms with Crippen LogP contribution in [0.5, 0.6) is 5.75 Å². The van der Waals surface area contributed by atoms with Crippen molar-refractivity contribution in [1.29, 1.82) is 0 Å². The molecule has 0 aliphatic heterocycles. The SMILES string of the molecule is O=c1nc(C[C@H]2C[C@H]2F)c2ccc(OC(F)(F)F)cc2n1-c1ccccc1Cl. The van der Waals surface area contributed by atoms with Crippen LogP contribution in [0.3, 0.4) is 0 Å². The molecular weight excluding hydrogens is 400 g/mol. The smallest absolute Gasteiger partial charge is 0.406 e. The minimum absolute atomic E-state index is 0.154. The standard InChI is InChI=1S/C19H13ClF4N2O2/c20-13-3-1-2-4-16(13)26-17-9-11(28-19(22,23)24)5-6-12(17)15(25-18(26)27)8-10-7-14(10)21/h1-6,9-10,14H,7-8H2/t10-,14-/m1/s1. The lowest BCUT2D eigenvalue weighted by molar-refractivity contribution is -0.274. The van der Waals surface area contributed by atoms with E-state index in [0.29, 0.717) is 17.5 Å². The Balaban J connectivity index is 1.95. The maximum Gasteiger partial charge on any atom is 0.573 e. The first kappa shape index (κ1) is 18.7. The summed E-state index contributed by atoms with van der Waals surface area (Å²) in [7, 11) is 0. The van der Waals surface area contributed by atoms with Crippen molar-refractivity contribution in [2.24, 2.45) is 5.92 Å². The molecule has 0 N–H and O–H groups in total. The number of halogens is 5. The minimum atomic E-state index is -4.88. The van der Waals surface area contributed by atoms with Crippen molar-refractivity contribution in [3.05, 3.63) is 63.7 Å². The molecule has 3 aromatic rings.